The number of phenolic OH excluding ortho intramolecular Hbond substituents is 1. The summed E-state index contributed by atoms with van der Waals surface area (Å²) < 4.78 is 3.44. The van der Waals surface area contributed by atoms with E-state index < -0.39 is 0 Å². The van der Waals surface area contributed by atoms with Gasteiger partial charge in [-0.05, 0) is 36.9 Å². The molecule has 0 saturated heterocycles. The minimum absolute atomic E-state index is 0. The monoisotopic (exact) mass is 510 g/mol. The fraction of sp³-hybridized carbons (Fsp3) is 0.0526. The van der Waals surface area contributed by atoms with Crippen molar-refractivity contribution in [2.75, 3.05) is 0 Å². The van der Waals surface area contributed by atoms with Gasteiger partial charge in [0.15, 0.2) is 0 Å². The van der Waals surface area contributed by atoms with Crippen LogP contribution in [0.25, 0.3) is 11.4 Å². The first kappa shape index (κ1) is 18.6. The molecule has 1 N–H and O–H groups in total. The summed E-state index contributed by atoms with van der Waals surface area (Å²) >= 11 is 0. The van der Waals surface area contributed by atoms with Crippen molar-refractivity contribution in [1.82, 2.24) is 19.6 Å². The van der Waals surface area contributed by atoms with Gasteiger partial charge in [-0.25, -0.2) is 4.68 Å². The fourth-order valence-corrected chi connectivity index (χ4v) is 2.14. The molecule has 4 rings (SSSR count). The van der Waals surface area contributed by atoms with Gasteiger partial charge in [-0.1, -0.05) is 12.1 Å². The number of para-hydroxylation sites is 3. The van der Waals surface area contributed by atoms with Crippen molar-refractivity contribution in [3.63, 3.8) is 0 Å². The first-order chi connectivity index (χ1) is 11.7. The second kappa shape index (κ2) is 8.97. The molecule has 0 atom stereocenters. The average molecular weight is 510 g/mol. The van der Waals surface area contributed by atoms with Gasteiger partial charge in [0.05, 0.1) is 5.69 Å². The Hall–Kier alpha value is -2.69. The maximum atomic E-state index is 9.42. The summed E-state index contributed by atoms with van der Waals surface area (Å²) in [7, 11) is 0. The third-order valence-electron chi connectivity index (χ3n) is 3.29. The van der Waals surface area contributed by atoms with E-state index in [1.807, 2.05) is 66.3 Å². The predicted octanol–water partition coefficient (Wildman–Crippen LogP) is 3.56. The largest absolute Gasteiger partial charge is 0.506 e. The first-order valence-corrected chi connectivity index (χ1v) is 7.51. The Kier molecular flexibility index (Phi) is 6.69. The zero-order valence-corrected chi connectivity index (χ0v) is 16.0. The molecule has 0 aliphatic heterocycles. The van der Waals surface area contributed by atoms with Crippen molar-refractivity contribution in [3.8, 4) is 17.1 Å². The molecule has 4 aromatic rings. The van der Waals surface area contributed by atoms with Crippen LogP contribution in [0.5, 0.6) is 5.75 Å². The maximum Gasteiger partial charge on any atom is 0.141 e. The SMILES string of the molecule is Cc1ccn(-c2[c-]cccc2)n1.Oc1ccccc1-n1cccn1.[Ir]. The Labute approximate surface area is 159 Å². The van der Waals surface area contributed by atoms with Crippen LogP contribution in [0, 0.1) is 13.0 Å². The molecule has 1 radical (unpaired) electrons. The molecule has 25 heavy (non-hydrogen) atoms. The van der Waals surface area contributed by atoms with Crippen LogP contribution in [0.3, 0.4) is 0 Å². The zero-order chi connectivity index (χ0) is 16.8. The van der Waals surface area contributed by atoms with Gasteiger partial charge >= 0.3 is 0 Å². The van der Waals surface area contributed by atoms with Crippen molar-refractivity contribution in [2.24, 2.45) is 0 Å². The van der Waals surface area contributed by atoms with E-state index in [4.69, 9.17) is 0 Å². The van der Waals surface area contributed by atoms with E-state index in [0.29, 0.717) is 5.69 Å². The molecule has 0 amide bonds. The molecule has 0 unspecified atom stereocenters. The van der Waals surface area contributed by atoms with E-state index in [9.17, 15) is 5.11 Å². The molecular weight excluding hydrogens is 492 g/mol. The summed E-state index contributed by atoms with van der Waals surface area (Å²) in [6, 6.07) is 21.7. The number of aromatic hydroxyl groups is 1. The number of nitrogens with zero attached hydrogens (tertiary/aromatic N) is 4. The maximum absolute atomic E-state index is 9.42. The van der Waals surface area contributed by atoms with Crippen LogP contribution in [0.1, 0.15) is 5.69 Å². The number of rotatable bonds is 2. The van der Waals surface area contributed by atoms with Gasteiger partial charge in [0.1, 0.15) is 11.4 Å². The summed E-state index contributed by atoms with van der Waals surface area (Å²) in [6.07, 6.45) is 5.39. The Balaban J connectivity index is 0.000000173. The first-order valence-electron chi connectivity index (χ1n) is 7.51. The second-order valence-electron chi connectivity index (χ2n) is 5.09. The molecular formula is C19H17IrN4O-. The van der Waals surface area contributed by atoms with Gasteiger partial charge in [-0.2, -0.15) is 34.5 Å². The zero-order valence-electron chi connectivity index (χ0n) is 13.6. The van der Waals surface area contributed by atoms with Gasteiger partial charge in [-0.15, -0.1) is 6.07 Å². The number of aryl methyl sites for hydroxylation is 1. The van der Waals surface area contributed by atoms with Crippen molar-refractivity contribution >= 4 is 0 Å². The molecule has 0 aliphatic rings. The molecule has 0 bridgehead atoms. The number of hydrogen-bond acceptors (Lipinski definition) is 3. The normalized spacial score (nSPS) is 9.64. The van der Waals surface area contributed by atoms with Crippen molar-refractivity contribution in [3.05, 3.63) is 91.0 Å². The molecule has 0 fully saturated rings. The van der Waals surface area contributed by atoms with Crippen LogP contribution in [0.4, 0.5) is 0 Å². The van der Waals surface area contributed by atoms with E-state index in [-0.39, 0.29) is 25.9 Å². The molecule has 6 heteroatoms. The van der Waals surface area contributed by atoms with Crippen molar-refractivity contribution in [2.45, 2.75) is 6.92 Å². The summed E-state index contributed by atoms with van der Waals surface area (Å²) in [4.78, 5) is 0. The second-order valence-corrected chi connectivity index (χ2v) is 5.09. The Morgan fingerprint density at radius 2 is 1.72 bits per heavy atom. The van der Waals surface area contributed by atoms with Crippen LogP contribution in [-0.4, -0.2) is 24.7 Å². The number of hydrogen-bond donors (Lipinski definition) is 1. The van der Waals surface area contributed by atoms with E-state index in [2.05, 4.69) is 16.3 Å². The third kappa shape index (κ3) is 4.89. The van der Waals surface area contributed by atoms with Crippen molar-refractivity contribution in [1.29, 1.82) is 0 Å². The minimum Gasteiger partial charge on any atom is -0.506 e. The summed E-state index contributed by atoms with van der Waals surface area (Å²) in [5.74, 6) is 0.237. The number of benzene rings is 2. The van der Waals surface area contributed by atoms with E-state index in [0.717, 1.165) is 11.4 Å². The Morgan fingerprint density at radius 1 is 0.920 bits per heavy atom. The average Bonchev–Trinajstić information content (AvgIpc) is 3.28. The summed E-state index contributed by atoms with van der Waals surface area (Å²) in [5, 5.41) is 17.7. The summed E-state index contributed by atoms with van der Waals surface area (Å²) in [5.41, 5.74) is 2.69. The van der Waals surface area contributed by atoms with Crippen LogP contribution in [0.2, 0.25) is 0 Å². The van der Waals surface area contributed by atoms with Gasteiger partial charge in [-0.3, -0.25) is 4.68 Å². The smallest absolute Gasteiger partial charge is 0.141 e. The molecule has 0 spiro atoms. The molecule has 0 aliphatic carbocycles. The predicted molar refractivity (Wildman–Crippen MR) is 92.4 cm³/mol. The topological polar surface area (TPSA) is 55.9 Å². The molecule has 5 nitrogen and oxygen atoms in total. The van der Waals surface area contributed by atoms with Gasteiger partial charge in [0.25, 0.3) is 0 Å². The summed E-state index contributed by atoms with van der Waals surface area (Å²) in [6.45, 7) is 1.97. The fourth-order valence-electron chi connectivity index (χ4n) is 2.14. The van der Waals surface area contributed by atoms with Crippen LogP contribution in [-0.2, 0) is 20.1 Å². The standard InChI is InChI=1S/C10H9N2.C9H8N2O.Ir/c1-9-7-8-12(11-9)10-5-3-2-4-6-10;12-9-5-2-1-4-8(9)11-7-3-6-10-11;/h2-5,7-8H,1H3;1-7,12H;/q-1;;. The van der Waals surface area contributed by atoms with Gasteiger partial charge in [0.2, 0.25) is 0 Å². The molecule has 2 aromatic heterocycles. The number of aromatic nitrogens is 4. The van der Waals surface area contributed by atoms with Gasteiger partial charge in [0, 0.05) is 38.7 Å². The number of phenols is 1. The van der Waals surface area contributed by atoms with Crippen LogP contribution >= 0.6 is 0 Å². The van der Waals surface area contributed by atoms with Gasteiger partial charge < -0.3 is 5.11 Å². The van der Waals surface area contributed by atoms with Crippen LogP contribution < -0.4 is 0 Å². The quantitative estimate of drug-likeness (QED) is 0.421. The van der Waals surface area contributed by atoms with E-state index in [1.54, 1.807) is 29.2 Å². The Morgan fingerprint density at radius 3 is 2.32 bits per heavy atom. The molecule has 2 aromatic carbocycles. The molecule has 2 heterocycles. The Bertz CT molecular complexity index is 889. The van der Waals surface area contributed by atoms with Crippen LogP contribution in [0.15, 0.2) is 79.3 Å². The van der Waals surface area contributed by atoms with Crippen molar-refractivity contribution < 1.29 is 25.2 Å². The molecule has 129 valence electrons. The van der Waals surface area contributed by atoms with E-state index >= 15 is 0 Å². The van der Waals surface area contributed by atoms with E-state index in [1.165, 1.54) is 0 Å². The minimum atomic E-state index is 0. The third-order valence-corrected chi connectivity index (χ3v) is 3.29. The molecule has 0 saturated carbocycles.